The number of hydrogen-bond donors (Lipinski definition) is 1. The van der Waals surface area contributed by atoms with Crippen molar-refractivity contribution in [2.45, 2.75) is 25.8 Å². The van der Waals surface area contributed by atoms with Crippen LogP contribution in [0.2, 0.25) is 0 Å². The number of nitrogens with one attached hydrogen (secondary N) is 1. The van der Waals surface area contributed by atoms with E-state index in [4.69, 9.17) is 4.74 Å². The van der Waals surface area contributed by atoms with Gasteiger partial charge in [-0.2, -0.15) is 0 Å². The van der Waals surface area contributed by atoms with E-state index in [-0.39, 0.29) is 10.6 Å². The zero-order valence-corrected chi connectivity index (χ0v) is 13.1. The van der Waals surface area contributed by atoms with Gasteiger partial charge < -0.3 is 10.1 Å². The molecule has 0 aliphatic heterocycles. The molecule has 0 atom stereocenters. The number of halogens is 1. The molecule has 1 N–H and O–H groups in total. The highest BCUT2D eigenvalue weighted by molar-refractivity contribution is 9.10. The molecule has 0 heterocycles. The number of rotatable bonds is 8. The Morgan fingerprint density at radius 1 is 1.50 bits per heavy atom. The third-order valence-corrected chi connectivity index (χ3v) is 4.50. The Morgan fingerprint density at radius 3 is 2.85 bits per heavy atom. The van der Waals surface area contributed by atoms with Gasteiger partial charge in [0.15, 0.2) is 0 Å². The molecule has 6 heteroatoms. The lowest BCUT2D eigenvalue weighted by atomic mass is 10.0. The molecule has 0 saturated heterocycles. The minimum absolute atomic E-state index is 0.116. The highest BCUT2D eigenvalue weighted by Crippen LogP contribution is 2.48. The first-order chi connectivity index (χ1) is 9.56. The summed E-state index contributed by atoms with van der Waals surface area (Å²) >= 11 is 3.19. The molecule has 0 spiro atoms. The van der Waals surface area contributed by atoms with Crippen LogP contribution in [0, 0.1) is 15.5 Å². The fraction of sp³-hybridized carbons (Fsp3) is 0.571. The van der Waals surface area contributed by atoms with Crippen molar-refractivity contribution in [1.82, 2.24) is 5.32 Å². The van der Waals surface area contributed by atoms with Gasteiger partial charge in [-0.25, -0.2) is 0 Å². The highest BCUT2D eigenvalue weighted by Gasteiger charge is 2.41. The van der Waals surface area contributed by atoms with Crippen LogP contribution in [-0.4, -0.2) is 25.2 Å². The van der Waals surface area contributed by atoms with Gasteiger partial charge in [0, 0.05) is 32.9 Å². The summed E-state index contributed by atoms with van der Waals surface area (Å²) in [4.78, 5) is 10.5. The summed E-state index contributed by atoms with van der Waals surface area (Å²) in [6, 6.07) is 5.25. The lowest BCUT2D eigenvalue weighted by molar-refractivity contribution is -0.385. The molecule has 0 amide bonds. The number of hydrogen-bond acceptors (Lipinski definition) is 4. The zero-order valence-electron chi connectivity index (χ0n) is 11.5. The van der Waals surface area contributed by atoms with Crippen LogP contribution in [0.3, 0.4) is 0 Å². The van der Waals surface area contributed by atoms with Crippen LogP contribution >= 0.6 is 15.9 Å². The molecule has 0 aromatic heterocycles. The first-order valence-electron chi connectivity index (χ1n) is 6.69. The summed E-state index contributed by atoms with van der Waals surface area (Å²) in [5, 5.41) is 14.3. The Morgan fingerprint density at radius 2 is 2.25 bits per heavy atom. The molecule has 1 aromatic rings. The predicted octanol–water partition coefficient (Wildman–Crippen LogP) is 3.26. The Hall–Kier alpha value is -0.980. The second-order valence-electron chi connectivity index (χ2n) is 5.39. The maximum atomic E-state index is 10.9. The van der Waals surface area contributed by atoms with Crippen molar-refractivity contribution in [3.63, 3.8) is 0 Å². The normalized spacial score (nSPS) is 16.1. The summed E-state index contributed by atoms with van der Waals surface area (Å²) in [6.07, 6.45) is 3.56. The quantitative estimate of drug-likeness (QED) is 0.581. The van der Waals surface area contributed by atoms with Gasteiger partial charge >= 0.3 is 0 Å². The van der Waals surface area contributed by atoms with Crippen LogP contribution in [-0.2, 0) is 11.3 Å². The Balaban J connectivity index is 1.85. The van der Waals surface area contributed by atoms with Gasteiger partial charge in [0.2, 0.25) is 0 Å². The predicted molar refractivity (Wildman–Crippen MR) is 80.7 cm³/mol. The molecule has 1 aliphatic rings. The highest BCUT2D eigenvalue weighted by atomic mass is 79.9. The van der Waals surface area contributed by atoms with Gasteiger partial charge in [0.1, 0.15) is 0 Å². The van der Waals surface area contributed by atoms with Crippen LogP contribution in [0.5, 0.6) is 0 Å². The van der Waals surface area contributed by atoms with Crippen molar-refractivity contribution in [2.75, 3.05) is 20.3 Å². The van der Waals surface area contributed by atoms with Crippen molar-refractivity contribution < 1.29 is 9.66 Å². The molecule has 0 bridgehead atoms. The molecule has 5 nitrogen and oxygen atoms in total. The molecule has 1 saturated carbocycles. The molecular formula is C14H19BrN2O3. The second kappa shape index (κ2) is 6.65. The zero-order chi connectivity index (χ0) is 14.6. The first kappa shape index (κ1) is 15.4. The molecule has 0 radical (unpaired) electrons. The molecule has 20 heavy (non-hydrogen) atoms. The average molecular weight is 343 g/mol. The van der Waals surface area contributed by atoms with E-state index in [0.29, 0.717) is 16.4 Å². The van der Waals surface area contributed by atoms with Crippen LogP contribution in [0.15, 0.2) is 22.7 Å². The Bertz CT molecular complexity index is 489. The maximum Gasteiger partial charge on any atom is 0.283 e. The van der Waals surface area contributed by atoms with Crippen molar-refractivity contribution in [3.05, 3.63) is 38.3 Å². The third kappa shape index (κ3) is 4.01. The summed E-state index contributed by atoms with van der Waals surface area (Å²) in [6.45, 7) is 2.40. The van der Waals surface area contributed by atoms with E-state index in [1.807, 2.05) is 6.07 Å². The standard InChI is InChI=1S/C14H19BrN2O3/c1-20-7-6-14(4-5-14)10-16-9-11-2-3-12(15)13(8-11)17(18)19/h2-3,8,16H,4-7,9-10H2,1H3. The van der Waals surface area contributed by atoms with Gasteiger partial charge in [-0.3, -0.25) is 10.1 Å². The van der Waals surface area contributed by atoms with Crippen LogP contribution in [0.4, 0.5) is 5.69 Å². The molecule has 110 valence electrons. The van der Waals surface area contributed by atoms with E-state index >= 15 is 0 Å². The lowest BCUT2D eigenvalue weighted by Crippen LogP contribution is -2.24. The Kier molecular flexibility index (Phi) is 5.12. The van der Waals surface area contributed by atoms with Crippen molar-refractivity contribution in [2.24, 2.45) is 5.41 Å². The van der Waals surface area contributed by atoms with Gasteiger partial charge in [-0.05, 0) is 52.2 Å². The van der Waals surface area contributed by atoms with Gasteiger partial charge in [0.05, 0.1) is 9.40 Å². The topological polar surface area (TPSA) is 64.4 Å². The smallest absolute Gasteiger partial charge is 0.283 e. The van der Waals surface area contributed by atoms with Crippen LogP contribution < -0.4 is 5.32 Å². The number of ether oxygens (including phenoxy) is 1. The number of methoxy groups -OCH3 is 1. The van der Waals surface area contributed by atoms with Crippen LogP contribution in [0.25, 0.3) is 0 Å². The SMILES string of the molecule is COCCC1(CNCc2ccc(Br)c([N+](=O)[O-])c2)CC1. The molecule has 1 aliphatic carbocycles. The molecular weight excluding hydrogens is 324 g/mol. The van der Waals surface area contributed by atoms with E-state index in [2.05, 4.69) is 21.2 Å². The van der Waals surface area contributed by atoms with Gasteiger partial charge in [-0.1, -0.05) is 6.07 Å². The van der Waals surface area contributed by atoms with Crippen molar-refractivity contribution in [3.8, 4) is 0 Å². The fourth-order valence-corrected chi connectivity index (χ4v) is 2.68. The monoisotopic (exact) mass is 342 g/mol. The second-order valence-corrected chi connectivity index (χ2v) is 6.24. The van der Waals surface area contributed by atoms with E-state index in [1.165, 1.54) is 12.8 Å². The molecule has 2 rings (SSSR count). The number of nitro groups is 1. The minimum atomic E-state index is -0.367. The summed E-state index contributed by atoms with van der Waals surface area (Å²) in [5.74, 6) is 0. The summed E-state index contributed by atoms with van der Waals surface area (Å²) in [7, 11) is 1.73. The van der Waals surface area contributed by atoms with Gasteiger partial charge in [0.25, 0.3) is 5.69 Å². The van der Waals surface area contributed by atoms with Crippen LogP contribution in [0.1, 0.15) is 24.8 Å². The third-order valence-electron chi connectivity index (χ3n) is 3.83. The molecule has 1 fully saturated rings. The largest absolute Gasteiger partial charge is 0.385 e. The first-order valence-corrected chi connectivity index (χ1v) is 7.48. The number of nitro benzene ring substituents is 1. The van der Waals surface area contributed by atoms with E-state index in [9.17, 15) is 10.1 Å². The van der Waals surface area contributed by atoms with E-state index < -0.39 is 0 Å². The summed E-state index contributed by atoms with van der Waals surface area (Å²) in [5.41, 5.74) is 1.43. The average Bonchev–Trinajstić information content (AvgIpc) is 3.18. The molecule has 0 unspecified atom stereocenters. The number of benzene rings is 1. The number of nitrogens with zero attached hydrogens (tertiary/aromatic N) is 1. The lowest BCUT2D eigenvalue weighted by Gasteiger charge is -2.15. The summed E-state index contributed by atoms with van der Waals surface area (Å²) < 4.78 is 5.65. The van der Waals surface area contributed by atoms with Gasteiger partial charge in [-0.15, -0.1) is 0 Å². The van der Waals surface area contributed by atoms with Crippen molar-refractivity contribution >= 4 is 21.6 Å². The van der Waals surface area contributed by atoms with E-state index in [0.717, 1.165) is 25.1 Å². The van der Waals surface area contributed by atoms with E-state index in [1.54, 1.807) is 19.2 Å². The fourth-order valence-electron chi connectivity index (χ4n) is 2.29. The minimum Gasteiger partial charge on any atom is -0.385 e. The molecule has 1 aromatic carbocycles. The Labute approximate surface area is 127 Å². The maximum absolute atomic E-state index is 10.9. The van der Waals surface area contributed by atoms with Crippen molar-refractivity contribution in [1.29, 1.82) is 0 Å².